The number of rotatable bonds is 5. The van der Waals surface area contributed by atoms with Crippen LogP contribution in [0.1, 0.15) is 36.5 Å². The molecule has 5 heteroatoms. The maximum atomic E-state index is 12.2. The van der Waals surface area contributed by atoms with Gasteiger partial charge in [-0.2, -0.15) is 0 Å². The first kappa shape index (κ1) is 13.7. The van der Waals surface area contributed by atoms with Gasteiger partial charge in [0.1, 0.15) is 11.3 Å². The minimum absolute atomic E-state index is 0.256. The number of hydrogen-bond donors (Lipinski definition) is 3. The molecule has 4 N–H and O–H groups in total. The quantitative estimate of drug-likeness (QED) is 0.700. The van der Waals surface area contributed by atoms with Crippen LogP contribution in [0.15, 0.2) is 18.2 Å². The van der Waals surface area contributed by atoms with E-state index in [2.05, 4.69) is 5.32 Å². The van der Waals surface area contributed by atoms with E-state index in [4.69, 9.17) is 10.5 Å². The minimum atomic E-state index is -0.745. The van der Waals surface area contributed by atoms with Crippen LogP contribution in [0.3, 0.4) is 0 Å². The molecule has 0 bridgehead atoms. The molecule has 1 amide bonds. The first-order chi connectivity index (χ1) is 9.06. The SMILES string of the molecule is CCOc1cccc(N)c1C(=O)NCC1(O)CCC1. The number of carbonyl (C=O) groups excluding carboxylic acids is 1. The third-order valence-corrected chi connectivity index (χ3v) is 3.45. The highest BCUT2D eigenvalue weighted by Gasteiger charge is 2.34. The number of aliphatic hydroxyl groups is 1. The molecule has 2 rings (SSSR count). The molecule has 0 unspecified atom stereocenters. The van der Waals surface area contributed by atoms with E-state index in [0.29, 0.717) is 23.6 Å². The molecule has 1 saturated carbocycles. The number of nitrogens with one attached hydrogen (secondary N) is 1. The summed E-state index contributed by atoms with van der Waals surface area (Å²) in [7, 11) is 0. The summed E-state index contributed by atoms with van der Waals surface area (Å²) in [5.41, 5.74) is 5.81. The Morgan fingerprint density at radius 1 is 1.53 bits per heavy atom. The number of anilines is 1. The van der Waals surface area contributed by atoms with Crippen molar-refractivity contribution in [1.29, 1.82) is 0 Å². The number of carbonyl (C=O) groups is 1. The van der Waals surface area contributed by atoms with Crippen molar-refractivity contribution < 1.29 is 14.6 Å². The van der Waals surface area contributed by atoms with Crippen LogP contribution in [0.25, 0.3) is 0 Å². The number of amides is 1. The van der Waals surface area contributed by atoms with Gasteiger partial charge in [0.05, 0.1) is 12.2 Å². The molecule has 1 aromatic rings. The van der Waals surface area contributed by atoms with Gasteiger partial charge >= 0.3 is 0 Å². The van der Waals surface area contributed by atoms with E-state index in [1.165, 1.54) is 0 Å². The van der Waals surface area contributed by atoms with Gasteiger partial charge in [-0.15, -0.1) is 0 Å². The summed E-state index contributed by atoms with van der Waals surface area (Å²) in [6.07, 6.45) is 2.47. The van der Waals surface area contributed by atoms with Crippen molar-refractivity contribution in [3.63, 3.8) is 0 Å². The summed E-state index contributed by atoms with van der Waals surface area (Å²) in [5.74, 6) is 0.169. The number of nitrogen functional groups attached to an aromatic ring is 1. The summed E-state index contributed by atoms with van der Waals surface area (Å²) < 4.78 is 5.41. The third-order valence-electron chi connectivity index (χ3n) is 3.45. The van der Waals surface area contributed by atoms with Crippen LogP contribution >= 0.6 is 0 Å². The number of ether oxygens (including phenoxy) is 1. The molecule has 5 nitrogen and oxygen atoms in total. The zero-order valence-corrected chi connectivity index (χ0v) is 11.1. The highest BCUT2D eigenvalue weighted by molar-refractivity contribution is 6.01. The average molecular weight is 264 g/mol. The van der Waals surface area contributed by atoms with Gasteiger partial charge in [0.15, 0.2) is 0 Å². The summed E-state index contributed by atoms with van der Waals surface area (Å²) in [6.45, 7) is 2.57. The van der Waals surface area contributed by atoms with Crippen LogP contribution in [0.4, 0.5) is 5.69 Å². The molecule has 0 saturated heterocycles. The third kappa shape index (κ3) is 2.98. The maximum absolute atomic E-state index is 12.2. The second-order valence-electron chi connectivity index (χ2n) is 4.91. The molecule has 0 spiro atoms. The predicted octanol–water partition coefficient (Wildman–Crippen LogP) is 1.31. The summed E-state index contributed by atoms with van der Waals surface area (Å²) in [6, 6.07) is 5.12. The van der Waals surface area contributed by atoms with Crippen LogP contribution in [0, 0.1) is 0 Å². The fourth-order valence-electron chi connectivity index (χ4n) is 2.16. The fraction of sp³-hybridized carbons (Fsp3) is 0.500. The molecule has 1 fully saturated rings. The molecular formula is C14H20N2O3. The maximum Gasteiger partial charge on any atom is 0.257 e. The largest absolute Gasteiger partial charge is 0.493 e. The Morgan fingerprint density at radius 2 is 2.26 bits per heavy atom. The van der Waals surface area contributed by atoms with E-state index in [0.717, 1.165) is 19.3 Å². The lowest BCUT2D eigenvalue weighted by Crippen LogP contribution is -2.47. The Bertz CT molecular complexity index is 470. The number of hydrogen-bond acceptors (Lipinski definition) is 4. The lowest BCUT2D eigenvalue weighted by Gasteiger charge is -2.36. The van der Waals surface area contributed by atoms with E-state index in [9.17, 15) is 9.90 Å². The summed E-state index contributed by atoms with van der Waals surface area (Å²) >= 11 is 0. The number of nitrogens with two attached hydrogens (primary N) is 1. The zero-order chi connectivity index (χ0) is 13.9. The van der Waals surface area contributed by atoms with Crippen LogP contribution in [-0.2, 0) is 0 Å². The molecular weight excluding hydrogens is 244 g/mol. The van der Waals surface area contributed by atoms with Gasteiger partial charge in [0.2, 0.25) is 0 Å². The van der Waals surface area contributed by atoms with E-state index < -0.39 is 5.60 Å². The zero-order valence-electron chi connectivity index (χ0n) is 11.1. The van der Waals surface area contributed by atoms with Gasteiger partial charge in [-0.25, -0.2) is 0 Å². The van der Waals surface area contributed by atoms with E-state index >= 15 is 0 Å². The summed E-state index contributed by atoms with van der Waals surface area (Å²) in [4.78, 5) is 12.2. The smallest absolute Gasteiger partial charge is 0.257 e. The van der Waals surface area contributed by atoms with Crippen LogP contribution in [-0.4, -0.2) is 29.8 Å². The first-order valence-corrected chi connectivity index (χ1v) is 6.57. The van der Waals surface area contributed by atoms with Crippen molar-refractivity contribution in [3.8, 4) is 5.75 Å². The second-order valence-corrected chi connectivity index (χ2v) is 4.91. The van der Waals surface area contributed by atoms with Gasteiger partial charge in [-0.3, -0.25) is 4.79 Å². The van der Waals surface area contributed by atoms with Gasteiger partial charge in [-0.05, 0) is 38.3 Å². The van der Waals surface area contributed by atoms with Gasteiger partial charge in [0.25, 0.3) is 5.91 Å². The topological polar surface area (TPSA) is 84.6 Å². The van der Waals surface area contributed by atoms with Crippen molar-refractivity contribution in [2.45, 2.75) is 31.8 Å². The number of benzene rings is 1. The predicted molar refractivity (Wildman–Crippen MR) is 73.2 cm³/mol. The lowest BCUT2D eigenvalue weighted by atomic mass is 9.80. The molecule has 0 aliphatic heterocycles. The molecule has 0 aromatic heterocycles. The van der Waals surface area contributed by atoms with Crippen LogP contribution in [0.2, 0.25) is 0 Å². The molecule has 104 valence electrons. The highest BCUT2D eigenvalue weighted by atomic mass is 16.5. The molecule has 0 heterocycles. The van der Waals surface area contributed by atoms with Crippen molar-refractivity contribution in [2.24, 2.45) is 0 Å². The van der Waals surface area contributed by atoms with Gasteiger partial charge in [-0.1, -0.05) is 6.07 Å². The molecule has 0 atom stereocenters. The minimum Gasteiger partial charge on any atom is -0.493 e. The monoisotopic (exact) mass is 264 g/mol. The van der Waals surface area contributed by atoms with Crippen molar-refractivity contribution >= 4 is 11.6 Å². The Labute approximate surface area is 112 Å². The Hall–Kier alpha value is -1.75. The Morgan fingerprint density at radius 3 is 2.84 bits per heavy atom. The van der Waals surface area contributed by atoms with Crippen molar-refractivity contribution in [2.75, 3.05) is 18.9 Å². The van der Waals surface area contributed by atoms with Crippen LogP contribution in [0.5, 0.6) is 5.75 Å². The van der Waals surface area contributed by atoms with E-state index in [-0.39, 0.29) is 12.5 Å². The highest BCUT2D eigenvalue weighted by Crippen LogP contribution is 2.31. The fourth-order valence-corrected chi connectivity index (χ4v) is 2.16. The lowest BCUT2D eigenvalue weighted by molar-refractivity contribution is -0.0300. The standard InChI is InChI=1S/C14H20N2O3/c1-2-19-11-6-3-5-10(15)12(11)13(17)16-9-14(18)7-4-8-14/h3,5-6,18H,2,4,7-9,15H2,1H3,(H,16,17). The summed E-state index contributed by atoms with van der Waals surface area (Å²) in [5, 5.41) is 12.7. The Kier molecular flexibility index (Phi) is 3.95. The van der Waals surface area contributed by atoms with Gasteiger partial charge < -0.3 is 20.9 Å². The molecule has 19 heavy (non-hydrogen) atoms. The molecule has 1 aromatic carbocycles. The average Bonchev–Trinajstić information content (AvgIpc) is 2.34. The van der Waals surface area contributed by atoms with E-state index in [1.807, 2.05) is 6.92 Å². The van der Waals surface area contributed by atoms with Crippen molar-refractivity contribution in [1.82, 2.24) is 5.32 Å². The normalized spacial score (nSPS) is 16.5. The first-order valence-electron chi connectivity index (χ1n) is 6.57. The van der Waals surface area contributed by atoms with E-state index in [1.54, 1.807) is 18.2 Å². The Balaban J connectivity index is 2.09. The second kappa shape index (κ2) is 5.48. The molecule has 0 radical (unpaired) electrons. The molecule has 1 aliphatic rings. The molecule has 1 aliphatic carbocycles. The van der Waals surface area contributed by atoms with Gasteiger partial charge in [0, 0.05) is 12.2 Å². The van der Waals surface area contributed by atoms with Crippen LogP contribution < -0.4 is 15.8 Å². The van der Waals surface area contributed by atoms with Crippen molar-refractivity contribution in [3.05, 3.63) is 23.8 Å².